The van der Waals surface area contributed by atoms with E-state index >= 15 is 0 Å². The van der Waals surface area contributed by atoms with E-state index in [2.05, 4.69) is 0 Å². The van der Waals surface area contributed by atoms with Crippen LogP contribution in [0.4, 0.5) is 13.2 Å². The molecule has 0 heterocycles. The molecular weight excluding hydrogens is 457 g/mol. The number of ether oxygens (including phenoxy) is 2. The lowest BCUT2D eigenvalue weighted by Gasteiger charge is -2.20. The molecule has 0 aromatic heterocycles. The van der Waals surface area contributed by atoms with E-state index < -0.39 is 39.8 Å². The molecule has 0 amide bonds. The monoisotopic (exact) mass is 478 g/mol. The molecule has 0 saturated heterocycles. The molecule has 0 fully saturated rings. The summed E-state index contributed by atoms with van der Waals surface area (Å²) in [6, 6.07) is 6.47. The number of benzene rings is 2. The molecule has 0 spiro atoms. The first kappa shape index (κ1) is 25.0. The zero-order chi connectivity index (χ0) is 23.6. The third-order valence-corrected chi connectivity index (χ3v) is 6.09. The fourth-order valence-electron chi connectivity index (χ4n) is 2.62. The van der Waals surface area contributed by atoms with Crippen LogP contribution in [0.1, 0.15) is 33.3 Å². The maximum absolute atomic E-state index is 13.3. The van der Waals surface area contributed by atoms with Crippen molar-refractivity contribution in [2.75, 3.05) is 12.4 Å². The van der Waals surface area contributed by atoms with Crippen molar-refractivity contribution >= 4 is 27.4 Å². The van der Waals surface area contributed by atoms with Crippen molar-refractivity contribution in [2.45, 2.75) is 44.4 Å². The van der Waals surface area contributed by atoms with Crippen LogP contribution < -0.4 is 4.74 Å². The number of halogens is 4. The molecular formula is C21H22ClF3O5S. The maximum atomic E-state index is 13.3. The van der Waals surface area contributed by atoms with Gasteiger partial charge in [-0.2, -0.15) is 13.2 Å². The Labute approximate surface area is 184 Å². The van der Waals surface area contributed by atoms with Gasteiger partial charge < -0.3 is 9.47 Å². The highest BCUT2D eigenvalue weighted by atomic mass is 35.5. The van der Waals surface area contributed by atoms with Gasteiger partial charge in [0.1, 0.15) is 11.4 Å². The van der Waals surface area contributed by atoms with E-state index in [1.165, 1.54) is 25.1 Å². The molecule has 5 nitrogen and oxygen atoms in total. The summed E-state index contributed by atoms with van der Waals surface area (Å²) in [6.07, 6.45) is -4.63. The van der Waals surface area contributed by atoms with Gasteiger partial charge in [-0.25, -0.2) is 13.2 Å². The van der Waals surface area contributed by atoms with Gasteiger partial charge in [0, 0.05) is 16.1 Å². The summed E-state index contributed by atoms with van der Waals surface area (Å²) in [4.78, 5) is 11.9. The van der Waals surface area contributed by atoms with E-state index in [0.29, 0.717) is 0 Å². The summed E-state index contributed by atoms with van der Waals surface area (Å²) >= 11 is 6.22. The number of sulfone groups is 1. The van der Waals surface area contributed by atoms with Gasteiger partial charge in [-0.05, 0) is 51.1 Å². The lowest BCUT2D eigenvalue weighted by Crippen LogP contribution is -2.27. The molecule has 0 aliphatic heterocycles. The predicted octanol–water partition coefficient (Wildman–Crippen LogP) is 5.54. The van der Waals surface area contributed by atoms with Gasteiger partial charge in [-0.3, -0.25) is 0 Å². The van der Waals surface area contributed by atoms with Crippen LogP contribution >= 0.6 is 11.6 Å². The Bertz CT molecular complexity index is 1070. The zero-order valence-corrected chi connectivity index (χ0v) is 18.9. The van der Waals surface area contributed by atoms with Crippen molar-refractivity contribution in [3.8, 4) is 16.9 Å². The van der Waals surface area contributed by atoms with Crippen LogP contribution in [0.3, 0.4) is 0 Å². The summed E-state index contributed by atoms with van der Waals surface area (Å²) in [5.41, 5.74) is -1.62. The highest BCUT2D eigenvalue weighted by molar-refractivity contribution is 7.91. The Morgan fingerprint density at radius 3 is 2.19 bits per heavy atom. The number of hydrogen-bond donors (Lipinski definition) is 0. The second-order valence-corrected chi connectivity index (χ2v) is 10.3. The molecule has 10 heteroatoms. The Balaban J connectivity index is 2.50. The van der Waals surface area contributed by atoms with Crippen molar-refractivity contribution < 1.29 is 35.9 Å². The minimum absolute atomic E-state index is 0.0353. The summed E-state index contributed by atoms with van der Waals surface area (Å²) in [5.74, 6) is -0.892. The molecule has 0 saturated carbocycles. The number of carbonyl (C=O) groups excluding carboxylic acids is 1. The van der Waals surface area contributed by atoms with E-state index in [1.54, 1.807) is 20.8 Å². The molecule has 0 aliphatic carbocycles. The third kappa shape index (κ3) is 6.61. The van der Waals surface area contributed by atoms with Gasteiger partial charge in [0.15, 0.2) is 16.4 Å². The molecule has 170 valence electrons. The largest absolute Gasteiger partial charge is 0.481 e. The molecule has 0 atom stereocenters. The first-order valence-corrected chi connectivity index (χ1v) is 11.3. The van der Waals surface area contributed by atoms with E-state index in [-0.39, 0.29) is 32.5 Å². The van der Waals surface area contributed by atoms with Crippen LogP contribution in [-0.4, -0.2) is 32.3 Å². The molecule has 0 N–H and O–H groups in total. The van der Waals surface area contributed by atoms with E-state index in [9.17, 15) is 26.4 Å². The number of esters is 1. The average Bonchev–Trinajstić information content (AvgIpc) is 2.64. The van der Waals surface area contributed by atoms with Crippen LogP contribution in [0, 0.1) is 0 Å². The summed E-state index contributed by atoms with van der Waals surface area (Å²) < 4.78 is 74.4. The predicted molar refractivity (Wildman–Crippen MR) is 111 cm³/mol. The van der Waals surface area contributed by atoms with E-state index in [1.807, 2.05) is 0 Å². The van der Waals surface area contributed by atoms with Gasteiger partial charge >= 0.3 is 12.1 Å². The van der Waals surface area contributed by atoms with Crippen molar-refractivity contribution in [3.63, 3.8) is 0 Å². The number of carbonyl (C=O) groups is 1. The fraction of sp³-hybridized carbons (Fsp3) is 0.381. The smallest absolute Gasteiger partial charge is 0.416 e. The van der Waals surface area contributed by atoms with Crippen molar-refractivity contribution in [1.82, 2.24) is 0 Å². The molecule has 2 rings (SSSR count). The summed E-state index contributed by atoms with van der Waals surface area (Å²) in [6.45, 7) is 5.93. The van der Waals surface area contributed by atoms with Crippen LogP contribution in [0.25, 0.3) is 11.1 Å². The SMILES string of the molecule is CCS(=O)(=O)c1ccc(-c2cc(C(F)(F)F)ccc2OCC(=O)OC(C)(C)C)c(Cl)c1. The van der Waals surface area contributed by atoms with Crippen molar-refractivity contribution in [2.24, 2.45) is 0 Å². The first-order chi connectivity index (χ1) is 14.1. The number of rotatable bonds is 6. The van der Waals surface area contributed by atoms with Crippen molar-refractivity contribution in [1.29, 1.82) is 0 Å². The zero-order valence-electron chi connectivity index (χ0n) is 17.3. The summed E-state index contributed by atoms with van der Waals surface area (Å²) in [5, 5.41) is -0.0732. The fourth-order valence-corrected chi connectivity index (χ4v) is 3.88. The van der Waals surface area contributed by atoms with Crippen LogP contribution in [-0.2, 0) is 25.5 Å². The molecule has 0 unspecified atom stereocenters. The second kappa shape index (κ2) is 9.08. The van der Waals surface area contributed by atoms with Crippen molar-refractivity contribution in [3.05, 3.63) is 47.0 Å². The van der Waals surface area contributed by atoms with E-state index in [0.717, 1.165) is 18.2 Å². The highest BCUT2D eigenvalue weighted by Crippen LogP contribution is 2.40. The third-order valence-electron chi connectivity index (χ3n) is 4.04. The van der Waals surface area contributed by atoms with Gasteiger partial charge in [0.05, 0.1) is 16.2 Å². The number of hydrogen-bond acceptors (Lipinski definition) is 5. The normalized spacial score (nSPS) is 12.5. The average molecular weight is 479 g/mol. The molecule has 31 heavy (non-hydrogen) atoms. The first-order valence-electron chi connectivity index (χ1n) is 9.22. The maximum Gasteiger partial charge on any atom is 0.416 e. The molecule has 0 radical (unpaired) electrons. The van der Waals surface area contributed by atoms with Crippen LogP contribution in [0.5, 0.6) is 5.75 Å². The lowest BCUT2D eigenvalue weighted by molar-refractivity contribution is -0.157. The Hall–Kier alpha value is -2.26. The van der Waals surface area contributed by atoms with Crippen LogP contribution in [0.15, 0.2) is 41.3 Å². The topological polar surface area (TPSA) is 69.7 Å². The molecule has 0 bridgehead atoms. The quantitative estimate of drug-likeness (QED) is 0.510. The van der Waals surface area contributed by atoms with Crippen LogP contribution in [0.2, 0.25) is 5.02 Å². The molecule has 2 aromatic carbocycles. The van der Waals surface area contributed by atoms with Gasteiger partial charge in [-0.15, -0.1) is 0 Å². The minimum Gasteiger partial charge on any atom is -0.481 e. The second-order valence-electron chi connectivity index (χ2n) is 7.63. The minimum atomic E-state index is -4.63. The summed E-state index contributed by atoms with van der Waals surface area (Å²) in [7, 11) is -3.56. The Morgan fingerprint density at radius 1 is 1.03 bits per heavy atom. The van der Waals surface area contributed by atoms with Gasteiger partial charge in [0.25, 0.3) is 0 Å². The standard InChI is InChI=1S/C21H22ClF3O5S/c1-5-31(27,28)14-7-8-15(17(22)11-14)16-10-13(21(23,24)25)6-9-18(16)29-12-19(26)30-20(2,3)4/h6-11H,5,12H2,1-4H3. The van der Waals surface area contributed by atoms with E-state index in [4.69, 9.17) is 21.1 Å². The Morgan fingerprint density at radius 2 is 1.68 bits per heavy atom. The van der Waals surface area contributed by atoms with Gasteiger partial charge in [0.2, 0.25) is 0 Å². The number of alkyl halides is 3. The molecule has 0 aliphatic rings. The Kier molecular flexibility index (Phi) is 7.32. The lowest BCUT2D eigenvalue weighted by atomic mass is 10.0. The highest BCUT2D eigenvalue weighted by Gasteiger charge is 2.32. The van der Waals surface area contributed by atoms with Gasteiger partial charge in [-0.1, -0.05) is 24.6 Å². The molecule has 2 aromatic rings.